The molecule has 1 aliphatic heterocycles. The van der Waals surface area contributed by atoms with Crippen molar-refractivity contribution < 1.29 is 9.59 Å². The van der Waals surface area contributed by atoms with Gasteiger partial charge in [-0.15, -0.1) is 0 Å². The van der Waals surface area contributed by atoms with Crippen molar-refractivity contribution in [3.05, 3.63) is 66.7 Å². The second kappa shape index (κ2) is 5.45. The van der Waals surface area contributed by atoms with Gasteiger partial charge in [0, 0.05) is 0 Å². The third-order valence-corrected chi connectivity index (χ3v) is 5.01. The molecule has 0 N–H and O–H groups in total. The molecule has 0 fully saturated rings. The first-order valence-electron chi connectivity index (χ1n) is 6.13. The van der Waals surface area contributed by atoms with E-state index >= 15 is 0 Å². The van der Waals surface area contributed by atoms with E-state index in [4.69, 9.17) is 0 Å². The Hall–Kier alpha value is -2.16. The Morgan fingerprint density at radius 2 is 1.25 bits per heavy atom. The van der Waals surface area contributed by atoms with Gasteiger partial charge in [-0.1, -0.05) is 0 Å². The zero-order chi connectivity index (χ0) is 13.9. The van der Waals surface area contributed by atoms with Gasteiger partial charge in [0.15, 0.2) is 0 Å². The monoisotopic (exact) mass is 329 g/mol. The Labute approximate surface area is 123 Å². The molecule has 0 saturated heterocycles. The van der Waals surface area contributed by atoms with E-state index in [0.29, 0.717) is 5.69 Å². The van der Waals surface area contributed by atoms with Crippen LogP contribution in [-0.2, 0) is 9.59 Å². The number of carbonyl (C=O) groups is 2. The maximum atomic E-state index is 11.6. The molecule has 4 heteroatoms. The van der Waals surface area contributed by atoms with E-state index in [2.05, 4.69) is 12.1 Å². The molecular weight excluding hydrogens is 317 g/mol. The summed E-state index contributed by atoms with van der Waals surface area (Å²) in [6.45, 7) is 0. The summed E-state index contributed by atoms with van der Waals surface area (Å²) >= 11 is 0.233. The van der Waals surface area contributed by atoms with Gasteiger partial charge in [-0.3, -0.25) is 0 Å². The molecule has 1 heterocycles. The van der Waals surface area contributed by atoms with Crippen LogP contribution in [0.2, 0.25) is 0 Å². The van der Waals surface area contributed by atoms with Crippen LogP contribution in [0.15, 0.2) is 66.7 Å². The minimum absolute atomic E-state index is 0.233. The summed E-state index contributed by atoms with van der Waals surface area (Å²) in [5.41, 5.74) is 0.623. The Balaban J connectivity index is 1.78. The predicted octanol–water partition coefficient (Wildman–Crippen LogP) is 0.771. The third kappa shape index (κ3) is 2.57. The van der Waals surface area contributed by atoms with Crippen LogP contribution in [0.1, 0.15) is 0 Å². The molecule has 2 amide bonds. The Kier molecular flexibility index (Phi) is 3.50. The molecule has 98 valence electrons. The SMILES string of the molecule is O=C1C=CC(=O)N1c1ccc([Se]c2ccccc2)cc1. The second-order valence-electron chi connectivity index (χ2n) is 4.25. The van der Waals surface area contributed by atoms with E-state index in [9.17, 15) is 9.59 Å². The van der Waals surface area contributed by atoms with Crippen molar-refractivity contribution in [1.82, 2.24) is 0 Å². The van der Waals surface area contributed by atoms with Gasteiger partial charge in [0.1, 0.15) is 0 Å². The fourth-order valence-electron chi connectivity index (χ4n) is 1.94. The summed E-state index contributed by atoms with van der Waals surface area (Å²) in [7, 11) is 0. The standard InChI is InChI=1S/C16H11NO2Se/c18-15-10-11-16(19)17(15)12-6-8-14(9-7-12)20-13-4-2-1-3-5-13/h1-11H. The first kappa shape index (κ1) is 12.9. The molecule has 2 aromatic carbocycles. The molecule has 0 bridgehead atoms. The quantitative estimate of drug-likeness (QED) is 0.617. The minimum atomic E-state index is -0.281. The number of carbonyl (C=O) groups excluding carboxylic acids is 2. The average Bonchev–Trinajstić information content (AvgIpc) is 2.81. The van der Waals surface area contributed by atoms with Gasteiger partial charge in [0.25, 0.3) is 0 Å². The summed E-state index contributed by atoms with van der Waals surface area (Å²) < 4.78 is 2.50. The summed E-state index contributed by atoms with van der Waals surface area (Å²) in [5, 5.41) is 0. The van der Waals surface area contributed by atoms with Crippen molar-refractivity contribution in [3.8, 4) is 0 Å². The number of imide groups is 1. The fraction of sp³-hybridized carbons (Fsp3) is 0. The number of nitrogens with zero attached hydrogens (tertiary/aromatic N) is 1. The molecule has 2 aromatic rings. The van der Waals surface area contributed by atoms with Crippen molar-refractivity contribution in [2.24, 2.45) is 0 Å². The normalized spacial score (nSPS) is 14.1. The van der Waals surface area contributed by atoms with Crippen molar-refractivity contribution >= 4 is 41.4 Å². The van der Waals surface area contributed by atoms with Crippen LogP contribution in [-0.4, -0.2) is 26.8 Å². The maximum absolute atomic E-state index is 11.6. The van der Waals surface area contributed by atoms with Crippen LogP contribution < -0.4 is 13.8 Å². The van der Waals surface area contributed by atoms with E-state index < -0.39 is 0 Å². The molecule has 0 saturated carbocycles. The van der Waals surface area contributed by atoms with Gasteiger partial charge >= 0.3 is 123 Å². The third-order valence-electron chi connectivity index (χ3n) is 2.88. The summed E-state index contributed by atoms with van der Waals surface area (Å²) in [6.07, 6.45) is 2.59. The van der Waals surface area contributed by atoms with Crippen molar-refractivity contribution in [3.63, 3.8) is 0 Å². The number of rotatable bonds is 3. The van der Waals surface area contributed by atoms with Crippen LogP contribution in [0.5, 0.6) is 0 Å². The van der Waals surface area contributed by atoms with Crippen molar-refractivity contribution in [2.45, 2.75) is 0 Å². The number of hydrogen-bond donors (Lipinski definition) is 0. The second-order valence-corrected chi connectivity index (χ2v) is 6.66. The number of amides is 2. The topological polar surface area (TPSA) is 37.4 Å². The van der Waals surface area contributed by atoms with E-state index in [1.54, 1.807) is 0 Å². The van der Waals surface area contributed by atoms with E-state index in [1.165, 1.54) is 26.0 Å². The Morgan fingerprint density at radius 3 is 1.85 bits per heavy atom. The van der Waals surface area contributed by atoms with Gasteiger partial charge in [-0.05, 0) is 0 Å². The zero-order valence-electron chi connectivity index (χ0n) is 10.5. The number of anilines is 1. The van der Waals surface area contributed by atoms with Gasteiger partial charge < -0.3 is 0 Å². The molecular formula is C16H11NO2Se. The molecule has 20 heavy (non-hydrogen) atoms. The Bertz CT molecular complexity index is 659. The van der Waals surface area contributed by atoms with E-state index in [0.717, 1.165) is 0 Å². The zero-order valence-corrected chi connectivity index (χ0v) is 12.2. The van der Waals surface area contributed by atoms with Gasteiger partial charge in [-0.2, -0.15) is 0 Å². The average molecular weight is 328 g/mol. The molecule has 0 radical (unpaired) electrons. The van der Waals surface area contributed by atoms with Gasteiger partial charge in [-0.25, -0.2) is 0 Å². The van der Waals surface area contributed by atoms with Crippen LogP contribution in [0.4, 0.5) is 5.69 Å². The summed E-state index contributed by atoms with van der Waals surface area (Å²) in [6, 6.07) is 17.8. The Morgan fingerprint density at radius 1 is 0.700 bits per heavy atom. The number of hydrogen-bond acceptors (Lipinski definition) is 2. The number of benzene rings is 2. The summed E-state index contributed by atoms with van der Waals surface area (Å²) in [4.78, 5) is 24.3. The van der Waals surface area contributed by atoms with E-state index in [-0.39, 0.29) is 26.8 Å². The molecule has 0 atom stereocenters. The van der Waals surface area contributed by atoms with Crippen LogP contribution in [0, 0.1) is 0 Å². The molecule has 3 nitrogen and oxygen atoms in total. The first-order valence-corrected chi connectivity index (χ1v) is 7.84. The summed E-state index contributed by atoms with van der Waals surface area (Å²) in [5.74, 6) is -0.562. The van der Waals surface area contributed by atoms with Crippen molar-refractivity contribution in [2.75, 3.05) is 4.90 Å². The van der Waals surface area contributed by atoms with Crippen LogP contribution in [0.25, 0.3) is 0 Å². The fourth-order valence-corrected chi connectivity index (χ4v) is 3.70. The molecule has 1 aliphatic rings. The van der Waals surface area contributed by atoms with Crippen LogP contribution >= 0.6 is 0 Å². The molecule has 3 rings (SSSR count). The van der Waals surface area contributed by atoms with Crippen molar-refractivity contribution in [1.29, 1.82) is 0 Å². The first-order chi connectivity index (χ1) is 9.74. The van der Waals surface area contributed by atoms with Gasteiger partial charge in [0.05, 0.1) is 0 Å². The molecule has 0 aromatic heterocycles. The van der Waals surface area contributed by atoms with Crippen LogP contribution in [0.3, 0.4) is 0 Å². The predicted molar refractivity (Wildman–Crippen MR) is 79.5 cm³/mol. The molecule has 0 spiro atoms. The molecule has 0 unspecified atom stereocenters. The van der Waals surface area contributed by atoms with Gasteiger partial charge in [0.2, 0.25) is 0 Å². The molecule has 0 aliphatic carbocycles. The van der Waals surface area contributed by atoms with E-state index in [1.807, 2.05) is 42.5 Å².